The zero-order valence-corrected chi connectivity index (χ0v) is 12.4. The van der Waals surface area contributed by atoms with Crippen LogP contribution in [0.3, 0.4) is 0 Å². The van der Waals surface area contributed by atoms with Gasteiger partial charge >= 0.3 is 0 Å². The van der Waals surface area contributed by atoms with Crippen molar-refractivity contribution in [3.63, 3.8) is 0 Å². The summed E-state index contributed by atoms with van der Waals surface area (Å²) in [4.78, 5) is 16.0. The third-order valence-corrected chi connectivity index (χ3v) is 3.46. The molecule has 5 nitrogen and oxygen atoms in total. The van der Waals surface area contributed by atoms with Crippen molar-refractivity contribution in [1.82, 2.24) is 20.1 Å². The standard InChI is InChI=1S/C13H18F4N4O/c1-8-18-10(21(20-8)7-12(2,14)15)11(22)19-9-3-5-13(16,17)6-4-9/h9H,3-7H2,1-2H3,(H,19,22). The van der Waals surface area contributed by atoms with Crippen LogP contribution in [0.15, 0.2) is 0 Å². The minimum Gasteiger partial charge on any atom is -0.347 e. The molecule has 1 amide bonds. The molecule has 124 valence electrons. The van der Waals surface area contributed by atoms with Gasteiger partial charge in [0.1, 0.15) is 12.4 Å². The van der Waals surface area contributed by atoms with E-state index < -0.39 is 30.3 Å². The van der Waals surface area contributed by atoms with Crippen LogP contribution in [0.25, 0.3) is 0 Å². The average molecular weight is 322 g/mol. The molecule has 2 rings (SSSR count). The molecule has 1 saturated carbocycles. The number of nitrogens with one attached hydrogen (secondary N) is 1. The molecule has 1 aromatic heterocycles. The smallest absolute Gasteiger partial charge is 0.289 e. The van der Waals surface area contributed by atoms with Gasteiger partial charge in [0.15, 0.2) is 0 Å². The Morgan fingerprint density at radius 3 is 2.55 bits per heavy atom. The molecule has 0 spiro atoms. The minimum atomic E-state index is -3.04. The number of nitrogens with zero attached hydrogens (tertiary/aromatic N) is 3. The Bertz CT molecular complexity index is 543. The maximum atomic E-state index is 13.1. The summed E-state index contributed by atoms with van der Waals surface area (Å²) in [7, 11) is 0. The molecule has 0 saturated heterocycles. The zero-order chi connectivity index (χ0) is 16.5. The number of alkyl halides is 4. The molecule has 0 aromatic carbocycles. The number of aryl methyl sites for hydroxylation is 1. The van der Waals surface area contributed by atoms with Gasteiger partial charge in [-0.25, -0.2) is 27.2 Å². The van der Waals surface area contributed by atoms with Crippen molar-refractivity contribution in [2.45, 2.75) is 64.0 Å². The molecule has 1 heterocycles. The van der Waals surface area contributed by atoms with E-state index in [1.165, 1.54) is 6.92 Å². The van der Waals surface area contributed by atoms with Gasteiger partial charge in [0, 0.05) is 25.8 Å². The van der Waals surface area contributed by atoms with Crippen molar-refractivity contribution in [2.75, 3.05) is 0 Å². The first-order valence-corrected chi connectivity index (χ1v) is 7.04. The number of aromatic nitrogens is 3. The highest BCUT2D eigenvalue weighted by Crippen LogP contribution is 2.33. The molecule has 0 atom stereocenters. The molecule has 0 unspecified atom stereocenters. The lowest BCUT2D eigenvalue weighted by Crippen LogP contribution is -2.41. The Kier molecular flexibility index (Phi) is 4.44. The highest BCUT2D eigenvalue weighted by molar-refractivity contribution is 5.90. The number of carbonyl (C=O) groups excluding carboxylic acids is 1. The fourth-order valence-electron chi connectivity index (χ4n) is 2.43. The van der Waals surface area contributed by atoms with Crippen LogP contribution in [-0.2, 0) is 6.54 Å². The van der Waals surface area contributed by atoms with Gasteiger partial charge in [0.05, 0.1) is 0 Å². The number of carbonyl (C=O) groups is 1. The maximum Gasteiger partial charge on any atom is 0.289 e. The first kappa shape index (κ1) is 16.7. The van der Waals surface area contributed by atoms with E-state index in [9.17, 15) is 22.4 Å². The lowest BCUT2D eigenvalue weighted by Gasteiger charge is -2.28. The van der Waals surface area contributed by atoms with Crippen molar-refractivity contribution in [2.24, 2.45) is 0 Å². The highest BCUT2D eigenvalue weighted by Gasteiger charge is 2.36. The molecule has 1 aromatic rings. The van der Waals surface area contributed by atoms with E-state index >= 15 is 0 Å². The van der Waals surface area contributed by atoms with Crippen molar-refractivity contribution in [3.8, 4) is 0 Å². The van der Waals surface area contributed by atoms with Crippen LogP contribution < -0.4 is 5.32 Å². The van der Waals surface area contributed by atoms with Crippen LogP contribution in [0.2, 0.25) is 0 Å². The molecule has 0 bridgehead atoms. The van der Waals surface area contributed by atoms with Crippen LogP contribution in [0, 0.1) is 6.92 Å². The predicted molar refractivity (Wildman–Crippen MR) is 70.0 cm³/mol. The predicted octanol–water partition coefficient (Wildman–Crippen LogP) is 2.55. The topological polar surface area (TPSA) is 59.8 Å². The van der Waals surface area contributed by atoms with E-state index in [0.717, 1.165) is 11.6 Å². The average Bonchev–Trinajstić information content (AvgIpc) is 2.70. The summed E-state index contributed by atoms with van der Waals surface area (Å²) in [6.07, 6.45) is -0.293. The van der Waals surface area contributed by atoms with Gasteiger partial charge in [-0.1, -0.05) is 0 Å². The monoisotopic (exact) mass is 322 g/mol. The number of rotatable bonds is 4. The highest BCUT2D eigenvalue weighted by atomic mass is 19.3. The quantitative estimate of drug-likeness (QED) is 0.867. The molecule has 9 heteroatoms. The van der Waals surface area contributed by atoms with Crippen LogP contribution in [-0.4, -0.2) is 38.6 Å². The Hall–Kier alpha value is -1.67. The normalized spacial score (nSPS) is 19.2. The second-order valence-corrected chi connectivity index (χ2v) is 5.81. The Morgan fingerprint density at radius 1 is 1.41 bits per heavy atom. The minimum absolute atomic E-state index is 0.149. The summed E-state index contributed by atoms with van der Waals surface area (Å²) in [5.41, 5.74) is 0. The van der Waals surface area contributed by atoms with Gasteiger partial charge in [0.25, 0.3) is 11.8 Å². The molecule has 1 fully saturated rings. The lowest BCUT2D eigenvalue weighted by atomic mass is 9.92. The van der Waals surface area contributed by atoms with Crippen LogP contribution in [0.5, 0.6) is 0 Å². The number of amides is 1. The summed E-state index contributed by atoms with van der Waals surface area (Å²) >= 11 is 0. The van der Waals surface area contributed by atoms with Gasteiger partial charge in [-0.3, -0.25) is 4.79 Å². The van der Waals surface area contributed by atoms with E-state index in [2.05, 4.69) is 15.4 Å². The molecule has 0 radical (unpaired) electrons. The molecule has 0 aliphatic heterocycles. The van der Waals surface area contributed by atoms with Crippen LogP contribution in [0.1, 0.15) is 49.1 Å². The van der Waals surface area contributed by atoms with Gasteiger partial charge in [-0.2, -0.15) is 5.10 Å². The second-order valence-electron chi connectivity index (χ2n) is 5.81. The molecular formula is C13H18F4N4O. The summed E-state index contributed by atoms with van der Waals surface area (Å²) < 4.78 is 53.2. The summed E-state index contributed by atoms with van der Waals surface area (Å²) in [6, 6.07) is -0.403. The van der Waals surface area contributed by atoms with Crippen molar-refractivity contribution in [1.29, 1.82) is 0 Å². The molecular weight excluding hydrogens is 304 g/mol. The first-order chi connectivity index (χ1) is 10.1. The van der Waals surface area contributed by atoms with Crippen molar-refractivity contribution in [3.05, 3.63) is 11.6 Å². The molecule has 1 N–H and O–H groups in total. The van der Waals surface area contributed by atoms with Gasteiger partial charge < -0.3 is 5.32 Å². The molecule has 1 aliphatic carbocycles. The maximum absolute atomic E-state index is 13.1. The zero-order valence-electron chi connectivity index (χ0n) is 12.4. The van der Waals surface area contributed by atoms with E-state index in [4.69, 9.17) is 0 Å². The van der Waals surface area contributed by atoms with E-state index in [0.29, 0.717) is 0 Å². The fraction of sp³-hybridized carbons (Fsp3) is 0.769. The largest absolute Gasteiger partial charge is 0.347 e. The number of hydrogen-bond donors (Lipinski definition) is 1. The third kappa shape index (κ3) is 4.41. The van der Waals surface area contributed by atoms with E-state index in [-0.39, 0.29) is 37.3 Å². The van der Waals surface area contributed by atoms with Crippen LogP contribution >= 0.6 is 0 Å². The molecule has 1 aliphatic rings. The Balaban J connectivity index is 2.04. The summed E-state index contributed by atoms with van der Waals surface area (Å²) in [6.45, 7) is 1.44. The summed E-state index contributed by atoms with van der Waals surface area (Å²) in [5, 5.41) is 6.35. The number of hydrogen-bond acceptors (Lipinski definition) is 3. The summed E-state index contributed by atoms with van der Waals surface area (Å²) in [5.74, 6) is -6.43. The second kappa shape index (κ2) is 5.85. The van der Waals surface area contributed by atoms with Gasteiger partial charge in [-0.05, 0) is 19.8 Å². The lowest BCUT2D eigenvalue weighted by molar-refractivity contribution is -0.0400. The van der Waals surface area contributed by atoms with Gasteiger partial charge in [-0.15, -0.1) is 0 Å². The molecule has 22 heavy (non-hydrogen) atoms. The Labute approximate surface area is 125 Å². The van der Waals surface area contributed by atoms with Crippen LogP contribution in [0.4, 0.5) is 17.6 Å². The SMILES string of the molecule is Cc1nc(C(=O)NC2CCC(F)(F)CC2)n(CC(C)(F)F)n1. The fourth-order valence-corrected chi connectivity index (χ4v) is 2.43. The van der Waals surface area contributed by atoms with Crippen molar-refractivity contribution >= 4 is 5.91 Å². The number of halogens is 4. The first-order valence-electron chi connectivity index (χ1n) is 7.04. The van der Waals surface area contributed by atoms with E-state index in [1.807, 2.05) is 0 Å². The van der Waals surface area contributed by atoms with E-state index in [1.54, 1.807) is 0 Å². The Morgan fingerprint density at radius 2 is 2.00 bits per heavy atom. The van der Waals surface area contributed by atoms with Crippen molar-refractivity contribution < 1.29 is 22.4 Å². The van der Waals surface area contributed by atoms with Gasteiger partial charge in [0.2, 0.25) is 11.7 Å². The third-order valence-electron chi connectivity index (χ3n) is 3.46.